The van der Waals surface area contributed by atoms with Crippen LogP contribution in [0.3, 0.4) is 0 Å². The van der Waals surface area contributed by atoms with Gasteiger partial charge in [0.1, 0.15) is 0 Å². The molecule has 0 radical (unpaired) electrons. The summed E-state index contributed by atoms with van der Waals surface area (Å²) in [6.07, 6.45) is 1.84. The highest BCUT2D eigenvalue weighted by molar-refractivity contribution is 5.24. The zero-order valence-corrected chi connectivity index (χ0v) is 15.7. The second-order valence-corrected chi connectivity index (χ2v) is 7.22. The number of hydrogen-bond acceptors (Lipinski definition) is 4. The van der Waals surface area contributed by atoms with Crippen molar-refractivity contribution in [2.45, 2.75) is 45.2 Å². The lowest BCUT2D eigenvalue weighted by Crippen LogP contribution is -2.43. The molecule has 150 valence electrons. The second-order valence-electron chi connectivity index (χ2n) is 7.22. The van der Waals surface area contributed by atoms with Crippen molar-refractivity contribution in [2.75, 3.05) is 26.4 Å². The standard InChI is InChI=1S/C21H28F2O4/c1-2-4-16-11-24-21(25-12-16)18-13-26-20(27-14-18)17-9-7-15(8-10-17)5-3-6-19(22)23/h6-10,16,18,20-21H,2-5,11-14H2,1H3. The summed E-state index contributed by atoms with van der Waals surface area (Å²) in [6.45, 7) is 4.69. The van der Waals surface area contributed by atoms with E-state index < -0.39 is 12.4 Å². The molecule has 27 heavy (non-hydrogen) atoms. The molecule has 2 aliphatic rings. The van der Waals surface area contributed by atoms with E-state index in [1.165, 1.54) is 0 Å². The summed E-state index contributed by atoms with van der Waals surface area (Å²) in [5.74, 6) is 0.560. The number of ether oxygens (including phenoxy) is 4. The van der Waals surface area contributed by atoms with E-state index in [-0.39, 0.29) is 12.2 Å². The molecule has 1 aromatic rings. The Kier molecular flexibility index (Phi) is 7.76. The van der Waals surface area contributed by atoms with Gasteiger partial charge in [-0.2, -0.15) is 8.78 Å². The van der Waals surface area contributed by atoms with Crippen LogP contribution in [0.5, 0.6) is 0 Å². The van der Waals surface area contributed by atoms with E-state index >= 15 is 0 Å². The molecule has 0 amide bonds. The van der Waals surface area contributed by atoms with Gasteiger partial charge in [-0.15, -0.1) is 0 Å². The molecule has 0 spiro atoms. The van der Waals surface area contributed by atoms with Crippen LogP contribution in [0.2, 0.25) is 0 Å². The lowest BCUT2D eigenvalue weighted by Gasteiger charge is -2.37. The summed E-state index contributed by atoms with van der Waals surface area (Å²) >= 11 is 0. The van der Waals surface area contributed by atoms with Gasteiger partial charge in [0.05, 0.1) is 32.3 Å². The Labute approximate surface area is 159 Å². The van der Waals surface area contributed by atoms with Gasteiger partial charge in [0.25, 0.3) is 6.08 Å². The zero-order chi connectivity index (χ0) is 19.1. The minimum absolute atomic E-state index is 0.0745. The third-order valence-electron chi connectivity index (χ3n) is 4.98. The Morgan fingerprint density at radius 1 is 1.00 bits per heavy atom. The summed E-state index contributed by atoms with van der Waals surface area (Å²) in [4.78, 5) is 0. The summed E-state index contributed by atoms with van der Waals surface area (Å²) in [6, 6.07) is 7.72. The molecule has 0 atom stereocenters. The van der Waals surface area contributed by atoms with Crippen LogP contribution in [-0.4, -0.2) is 32.7 Å². The molecule has 6 heteroatoms. The van der Waals surface area contributed by atoms with Crippen molar-refractivity contribution in [3.63, 3.8) is 0 Å². The van der Waals surface area contributed by atoms with E-state index in [1.54, 1.807) is 0 Å². The van der Waals surface area contributed by atoms with Crippen LogP contribution >= 0.6 is 0 Å². The SMILES string of the molecule is CCCC1COC(C2COC(c3ccc(CCC=C(F)F)cc3)OC2)OC1. The summed E-state index contributed by atoms with van der Waals surface area (Å²) in [5, 5.41) is 0. The first-order valence-corrected chi connectivity index (χ1v) is 9.72. The molecule has 4 nitrogen and oxygen atoms in total. The number of benzene rings is 1. The number of aryl methyl sites for hydroxylation is 1. The van der Waals surface area contributed by atoms with E-state index in [1.807, 2.05) is 24.3 Å². The van der Waals surface area contributed by atoms with E-state index in [9.17, 15) is 8.78 Å². The molecular weight excluding hydrogens is 354 g/mol. The average molecular weight is 382 g/mol. The second kappa shape index (κ2) is 10.3. The fourth-order valence-corrected chi connectivity index (χ4v) is 3.46. The van der Waals surface area contributed by atoms with Gasteiger partial charge in [-0.05, 0) is 30.9 Å². The highest BCUT2D eigenvalue weighted by atomic mass is 19.3. The molecule has 2 saturated heterocycles. The molecule has 2 heterocycles. The molecule has 0 saturated carbocycles. The molecular formula is C21H28F2O4. The van der Waals surface area contributed by atoms with Crippen LogP contribution in [0.4, 0.5) is 8.78 Å². The van der Waals surface area contributed by atoms with E-state index in [0.717, 1.165) is 43.3 Å². The number of allylic oxidation sites excluding steroid dienone is 1. The topological polar surface area (TPSA) is 36.9 Å². The highest BCUT2D eigenvalue weighted by Crippen LogP contribution is 2.29. The van der Waals surface area contributed by atoms with Crippen molar-refractivity contribution in [1.29, 1.82) is 0 Å². The van der Waals surface area contributed by atoms with Crippen LogP contribution in [0, 0.1) is 11.8 Å². The largest absolute Gasteiger partial charge is 0.352 e. The Bertz CT molecular complexity index is 585. The molecule has 0 aromatic heterocycles. The van der Waals surface area contributed by atoms with Gasteiger partial charge in [-0.3, -0.25) is 0 Å². The van der Waals surface area contributed by atoms with Gasteiger partial charge in [0, 0.05) is 11.5 Å². The highest BCUT2D eigenvalue weighted by Gasteiger charge is 2.33. The summed E-state index contributed by atoms with van der Waals surface area (Å²) < 4.78 is 47.6. The van der Waals surface area contributed by atoms with Gasteiger partial charge >= 0.3 is 0 Å². The van der Waals surface area contributed by atoms with Gasteiger partial charge in [-0.25, -0.2) is 0 Å². The van der Waals surface area contributed by atoms with E-state index in [2.05, 4.69) is 6.92 Å². The van der Waals surface area contributed by atoms with Crippen LogP contribution in [0.15, 0.2) is 36.4 Å². The lowest BCUT2D eigenvalue weighted by atomic mass is 10.0. The van der Waals surface area contributed by atoms with Crippen molar-refractivity contribution in [3.05, 3.63) is 47.5 Å². The van der Waals surface area contributed by atoms with Gasteiger partial charge < -0.3 is 18.9 Å². The van der Waals surface area contributed by atoms with E-state index in [0.29, 0.717) is 32.0 Å². The number of rotatable bonds is 7. The predicted molar refractivity (Wildman–Crippen MR) is 97.3 cm³/mol. The molecule has 3 rings (SSSR count). The number of hydrogen-bond donors (Lipinski definition) is 0. The Morgan fingerprint density at radius 2 is 1.67 bits per heavy atom. The first-order chi connectivity index (χ1) is 13.2. The van der Waals surface area contributed by atoms with Crippen molar-refractivity contribution < 1.29 is 27.7 Å². The molecule has 0 aliphatic carbocycles. The average Bonchev–Trinajstić information content (AvgIpc) is 2.69. The Morgan fingerprint density at radius 3 is 2.26 bits per heavy atom. The normalized spacial score (nSPS) is 28.7. The summed E-state index contributed by atoms with van der Waals surface area (Å²) in [5.41, 5.74) is 1.94. The van der Waals surface area contributed by atoms with Crippen molar-refractivity contribution >= 4 is 0 Å². The van der Waals surface area contributed by atoms with Crippen molar-refractivity contribution in [2.24, 2.45) is 11.8 Å². The van der Waals surface area contributed by atoms with Crippen LogP contribution in [0.1, 0.15) is 43.6 Å². The molecule has 2 fully saturated rings. The summed E-state index contributed by atoms with van der Waals surface area (Å²) in [7, 11) is 0. The van der Waals surface area contributed by atoms with E-state index in [4.69, 9.17) is 18.9 Å². The zero-order valence-electron chi connectivity index (χ0n) is 15.7. The molecule has 1 aromatic carbocycles. The first-order valence-electron chi connectivity index (χ1n) is 9.72. The van der Waals surface area contributed by atoms with Crippen molar-refractivity contribution in [3.8, 4) is 0 Å². The third kappa shape index (κ3) is 6.07. The van der Waals surface area contributed by atoms with Gasteiger partial charge in [0.15, 0.2) is 12.6 Å². The lowest BCUT2D eigenvalue weighted by molar-refractivity contribution is -0.283. The first kappa shape index (κ1) is 20.4. The fourth-order valence-electron chi connectivity index (χ4n) is 3.46. The Hall–Kier alpha value is -1.34. The number of halogens is 2. The fraction of sp³-hybridized carbons (Fsp3) is 0.619. The smallest absolute Gasteiger partial charge is 0.266 e. The third-order valence-corrected chi connectivity index (χ3v) is 4.98. The maximum Gasteiger partial charge on any atom is 0.266 e. The maximum absolute atomic E-state index is 12.1. The van der Waals surface area contributed by atoms with Crippen LogP contribution in [0.25, 0.3) is 0 Å². The van der Waals surface area contributed by atoms with Crippen molar-refractivity contribution in [1.82, 2.24) is 0 Å². The van der Waals surface area contributed by atoms with Crippen LogP contribution < -0.4 is 0 Å². The minimum Gasteiger partial charge on any atom is -0.352 e. The molecule has 2 aliphatic heterocycles. The maximum atomic E-state index is 12.1. The monoisotopic (exact) mass is 382 g/mol. The predicted octanol–water partition coefficient (Wildman–Crippen LogP) is 4.85. The molecule has 0 bridgehead atoms. The van der Waals surface area contributed by atoms with Gasteiger partial charge in [-0.1, -0.05) is 37.6 Å². The minimum atomic E-state index is -1.63. The van der Waals surface area contributed by atoms with Gasteiger partial charge in [0.2, 0.25) is 0 Å². The Balaban J connectivity index is 1.43. The molecule has 0 N–H and O–H groups in total. The quantitative estimate of drug-likeness (QED) is 0.676. The van der Waals surface area contributed by atoms with Crippen LogP contribution in [-0.2, 0) is 25.4 Å². The molecule has 0 unspecified atom stereocenters.